The molecule has 0 bridgehead atoms. The molecule has 2 N–H and O–H groups in total. The van der Waals surface area contributed by atoms with Crippen molar-refractivity contribution < 1.29 is 19.1 Å². The molecular weight excluding hydrogens is 304 g/mol. The summed E-state index contributed by atoms with van der Waals surface area (Å²) < 4.78 is 5.18. The molecular formula is C15H18N2O4S. The lowest BCUT2D eigenvalue weighted by molar-refractivity contribution is -0.136. The van der Waals surface area contributed by atoms with Gasteiger partial charge in [0.25, 0.3) is 5.91 Å². The van der Waals surface area contributed by atoms with Crippen LogP contribution < -0.4 is 5.32 Å². The maximum Gasteiger partial charge on any atom is 0.311 e. The van der Waals surface area contributed by atoms with Crippen LogP contribution in [0.25, 0.3) is 0 Å². The van der Waals surface area contributed by atoms with E-state index in [1.165, 1.54) is 6.26 Å². The maximum atomic E-state index is 12.4. The number of furan rings is 1. The van der Waals surface area contributed by atoms with Gasteiger partial charge in [-0.15, -0.1) is 11.3 Å². The second kappa shape index (κ2) is 6.74. The molecule has 0 aromatic carbocycles. The van der Waals surface area contributed by atoms with E-state index in [-0.39, 0.29) is 24.1 Å². The van der Waals surface area contributed by atoms with Crippen molar-refractivity contribution in [3.05, 3.63) is 39.2 Å². The number of aryl methyl sites for hydroxylation is 2. The van der Waals surface area contributed by atoms with Gasteiger partial charge in [0.2, 0.25) is 0 Å². The quantitative estimate of drug-likeness (QED) is 0.853. The first-order valence-electron chi connectivity index (χ1n) is 6.96. The Kier molecular flexibility index (Phi) is 4.97. The molecule has 22 heavy (non-hydrogen) atoms. The van der Waals surface area contributed by atoms with Crippen molar-refractivity contribution >= 4 is 23.2 Å². The first kappa shape index (κ1) is 16.2. The maximum absolute atomic E-state index is 12.4. The molecule has 0 spiro atoms. The Labute approximate surface area is 132 Å². The summed E-state index contributed by atoms with van der Waals surface area (Å²) in [4.78, 5) is 27.7. The van der Waals surface area contributed by atoms with E-state index in [2.05, 4.69) is 10.3 Å². The molecule has 2 aromatic rings. The molecule has 0 radical (unpaired) electrons. The van der Waals surface area contributed by atoms with E-state index in [0.717, 1.165) is 17.1 Å². The third-order valence-corrected chi connectivity index (χ3v) is 4.26. The predicted octanol–water partition coefficient (Wildman–Crippen LogP) is 2.73. The molecule has 118 valence electrons. The third-order valence-electron chi connectivity index (χ3n) is 3.25. The number of nitrogens with zero attached hydrogens (tertiary/aromatic N) is 1. The molecule has 0 saturated carbocycles. The molecule has 1 unspecified atom stereocenters. The summed E-state index contributed by atoms with van der Waals surface area (Å²) in [6.45, 7) is 5.59. The van der Waals surface area contributed by atoms with Crippen molar-refractivity contribution in [1.82, 2.24) is 10.3 Å². The van der Waals surface area contributed by atoms with Crippen LogP contribution in [0, 0.1) is 6.92 Å². The van der Waals surface area contributed by atoms with E-state index in [4.69, 9.17) is 9.52 Å². The number of carbonyl (C=O) groups is 2. The molecule has 2 rings (SSSR count). The summed E-state index contributed by atoms with van der Waals surface area (Å²) in [5.41, 5.74) is 1.71. The summed E-state index contributed by atoms with van der Waals surface area (Å²) in [6, 6.07) is -0.254. The van der Waals surface area contributed by atoms with Crippen LogP contribution in [-0.2, 0) is 17.6 Å². The van der Waals surface area contributed by atoms with Crippen LogP contribution in [0.3, 0.4) is 0 Å². The Hall–Kier alpha value is -2.15. The van der Waals surface area contributed by atoms with Gasteiger partial charge in [-0.25, -0.2) is 4.98 Å². The normalized spacial score (nSPS) is 12.1. The van der Waals surface area contributed by atoms with E-state index in [9.17, 15) is 9.59 Å². The fourth-order valence-corrected chi connectivity index (χ4v) is 2.94. The van der Waals surface area contributed by atoms with Gasteiger partial charge in [-0.1, -0.05) is 6.92 Å². The second-order valence-corrected chi connectivity index (χ2v) is 5.94. The summed E-state index contributed by atoms with van der Waals surface area (Å²) in [5, 5.41) is 14.7. The first-order valence-corrected chi connectivity index (χ1v) is 7.84. The lowest BCUT2D eigenvalue weighted by Crippen LogP contribution is -2.28. The molecule has 0 fully saturated rings. The van der Waals surface area contributed by atoms with E-state index in [1.54, 1.807) is 18.3 Å². The largest absolute Gasteiger partial charge is 0.481 e. The van der Waals surface area contributed by atoms with Crippen LogP contribution in [0.4, 0.5) is 0 Å². The Morgan fingerprint density at radius 2 is 2.23 bits per heavy atom. The number of rotatable bonds is 6. The number of aromatic nitrogens is 1. The van der Waals surface area contributed by atoms with Crippen LogP contribution in [0.15, 0.2) is 16.1 Å². The fourth-order valence-electron chi connectivity index (χ4n) is 2.10. The number of amides is 1. The molecule has 0 aliphatic rings. The lowest BCUT2D eigenvalue weighted by Gasteiger charge is -2.12. The number of hydrogen-bond acceptors (Lipinski definition) is 5. The Morgan fingerprint density at radius 3 is 2.82 bits per heavy atom. The minimum absolute atomic E-state index is 0.169. The summed E-state index contributed by atoms with van der Waals surface area (Å²) in [7, 11) is 0. The first-order chi connectivity index (χ1) is 10.4. The molecule has 1 atom stereocenters. The molecule has 0 saturated heterocycles. The van der Waals surface area contributed by atoms with E-state index in [1.807, 2.05) is 19.2 Å². The van der Waals surface area contributed by atoms with Gasteiger partial charge in [0, 0.05) is 10.9 Å². The Morgan fingerprint density at radius 1 is 1.50 bits per heavy atom. The van der Waals surface area contributed by atoms with Crippen molar-refractivity contribution in [2.75, 3.05) is 0 Å². The molecule has 2 heterocycles. The number of thiazole rings is 1. The topological polar surface area (TPSA) is 92.4 Å². The van der Waals surface area contributed by atoms with E-state index >= 15 is 0 Å². The highest BCUT2D eigenvalue weighted by Gasteiger charge is 2.22. The zero-order valence-corrected chi connectivity index (χ0v) is 13.5. The van der Waals surface area contributed by atoms with Crippen LogP contribution >= 0.6 is 11.3 Å². The van der Waals surface area contributed by atoms with Gasteiger partial charge in [-0.3, -0.25) is 9.59 Å². The van der Waals surface area contributed by atoms with Gasteiger partial charge < -0.3 is 14.8 Å². The van der Waals surface area contributed by atoms with E-state index in [0.29, 0.717) is 11.1 Å². The van der Waals surface area contributed by atoms with Crippen molar-refractivity contribution in [2.24, 2.45) is 0 Å². The zero-order valence-electron chi connectivity index (χ0n) is 12.7. The minimum Gasteiger partial charge on any atom is -0.481 e. The lowest BCUT2D eigenvalue weighted by atomic mass is 10.1. The average molecular weight is 322 g/mol. The van der Waals surface area contributed by atoms with Gasteiger partial charge in [-0.05, 0) is 20.3 Å². The van der Waals surface area contributed by atoms with Crippen LogP contribution in [0.5, 0.6) is 0 Å². The summed E-state index contributed by atoms with van der Waals surface area (Å²) in [6.07, 6.45) is 1.94. The SMILES string of the molecule is CCc1nc(C(C)NC(=O)c2c(C)coc2CC(=O)O)cs1. The zero-order chi connectivity index (χ0) is 16.3. The third kappa shape index (κ3) is 3.54. The standard InChI is InChI=1S/C15H18N2O4S/c1-4-12-17-10(7-22-12)9(3)16-15(20)14-8(2)6-21-11(14)5-13(18)19/h6-7,9H,4-5H2,1-3H3,(H,16,20)(H,18,19). The smallest absolute Gasteiger partial charge is 0.311 e. The van der Waals surface area contributed by atoms with Gasteiger partial charge in [0.05, 0.1) is 28.6 Å². The number of hydrogen-bond donors (Lipinski definition) is 2. The van der Waals surface area contributed by atoms with Gasteiger partial charge in [0.15, 0.2) is 0 Å². The molecule has 6 nitrogen and oxygen atoms in total. The van der Waals surface area contributed by atoms with Gasteiger partial charge in [0.1, 0.15) is 12.2 Å². The summed E-state index contributed by atoms with van der Waals surface area (Å²) >= 11 is 1.56. The van der Waals surface area contributed by atoms with Crippen LogP contribution in [0.1, 0.15) is 52.3 Å². The molecule has 7 heteroatoms. The van der Waals surface area contributed by atoms with Gasteiger partial charge >= 0.3 is 5.97 Å². The van der Waals surface area contributed by atoms with Crippen LogP contribution in [0.2, 0.25) is 0 Å². The summed E-state index contributed by atoms with van der Waals surface area (Å²) in [5.74, 6) is -1.22. The highest BCUT2D eigenvalue weighted by atomic mass is 32.1. The minimum atomic E-state index is -1.04. The fraction of sp³-hybridized carbons (Fsp3) is 0.400. The van der Waals surface area contributed by atoms with Crippen molar-refractivity contribution in [2.45, 2.75) is 39.7 Å². The van der Waals surface area contributed by atoms with Crippen molar-refractivity contribution in [3.8, 4) is 0 Å². The molecule has 0 aliphatic carbocycles. The van der Waals surface area contributed by atoms with Crippen LogP contribution in [-0.4, -0.2) is 22.0 Å². The molecule has 0 aliphatic heterocycles. The average Bonchev–Trinajstić information content (AvgIpc) is 3.05. The number of carboxylic acid groups (broad SMARTS) is 1. The Balaban J connectivity index is 2.15. The monoisotopic (exact) mass is 322 g/mol. The predicted molar refractivity (Wildman–Crippen MR) is 82.2 cm³/mol. The van der Waals surface area contributed by atoms with E-state index < -0.39 is 5.97 Å². The number of carboxylic acids is 1. The van der Waals surface area contributed by atoms with Crippen molar-refractivity contribution in [1.29, 1.82) is 0 Å². The Bertz CT molecular complexity index is 690. The second-order valence-electron chi connectivity index (χ2n) is 5.00. The van der Waals surface area contributed by atoms with Gasteiger partial charge in [-0.2, -0.15) is 0 Å². The highest BCUT2D eigenvalue weighted by Crippen LogP contribution is 2.21. The molecule has 1 amide bonds. The number of nitrogens with one attached hydrogen (secondary N) is 1. The number of carbonyl (C=O) groups excluding carboxylic acids is 1. The molecule has 2 aromatic heterocycles. The number of aliphatic carboxylic acids is 1. The van der Waals surface area contributed by atoms with Crippen molar-refractivity contribution in [3.63, 3.8) is 0 Å². The highest BCUT2D eigenvalue weighted by molar-refractivity contribution is 7.09.